The number of ketones is 1. The Labute approximate surface area is 156 Å². The quantitative estimate of drug-likeness (QED) is 0.823. The Morgan fingerprint density at radius 1 is 1.30 bits per heavy atom. The molecule has 0 radical (unpaired) electrons. The summed E-state index contributed by atoms with van der Waals surface area (Å²) in [5, 5.41) is 19.1. The number of carboxylic acids is 1. The molecule has 1 fully saturated rings. The molecule has 0 aromatic heterocycles. The summed E-state index contributed by atoms with van der Waals surface area (Å²) in [5.74, 6) is -1.48. The van der Waals surface area contributed by atoms with Crippen LogP contribution in [0.3, 0.4) is 0 Å². The van der Waals surface area contributed by atoms with Gasteiger partial charge in [-0.2, -0.15) is 0 Å². The molecule has 2 N–H and O–H groups in total. The van der Waals surface area contributed by atoms with Gasteiger partial charge in [0.15, 0.2) is 12.4 Å². The van der Waals surface area contributed by atoms with Gasteiger partial charge in [0.05, 0.1) is 12.3 Å². The number of fused-ring (bicyclic) bond motifs is 1. The average molecular weight is 377 g/mol. The second-order valence-corrected chi connectivity index (χ2v) is 7.56. The average Bonchev–Trinajstić information content (AvgIpc) is 2.57. The Bertz CT molecular complexity index is 779. The minimum Gasteiger partial charge on any atom is -0.507 e. The Hall–Kier alpha value is -2.77. The maximum atomic E-state index is 12.3. The lowest BCUT2D eigenvalue weighted by Crippen LogP contribution is -2.42. The summed E-state index contributed by atoms with van der Waals surface area (Å²) in [7, 11) is 0. The molecule has 8 heteroatoms. The molecule has 0 aliphatic carbocycles. The van der Waals surface area contributed by atoms with Crippen molar-refractivity contribution in [2.24, 2.45) is 5.92 Å². The molecule has 2 aliphatic heterocycles. The second-order valence-electron chi connectivity index (χ2n) is 7.56. The minimum absolute atomic E-state index is 0.128. The summed E-state index contributed by atoms with van der Waals surface area (Å²) in [5.41, 5.74) is -0.553. The number of aromatic hydroxyl groups is 1. The number of carbonyl (C=O) groups is 3. The lowest BCUT2D eigenvalue weighted by molar-refractivity contribution is -0.146. The van der Waals surface area contributed by atoms with Crippen LogP contribution in [-0.2, 0) is 9.59 Å². The number of carboxylic acid groups (broad SMARTS) is 1. The van der Waals surface area contributed by atoms with E-state index in [0.717, 1.165) is 0 Å². The van der Waals surface area contributed by atoms with Gasteiger partial charge < -0.3 is 24.6 Å². The summed E-state index contributed by atoms with van der Waals surface area (Å²) >= 11 is 0. The molecule has 0 saturated carbocycles. The molecule has 8 nitrogen and oxygen atoms in total. The molecule has 2 heterocycles. The molecule has 3 rings (SSSR count). The van der Waals surface area contributed by atoms with Gasteiger partial charge >= 0.3 is 5.97 Å². The number of aliphatic carboxylic acids is 1. The van der Waals surface area contributed by atoms with E-state index in [2.05, 4.69) is 0 Å². The molecule has 0 atom stereocenters. The van der Waals surface area contributed by atoms with Gasteiger partial charge in [-0.25, -0.2) is 0 Å². The number of ether oxygens (including phenoxy) is 2. The van der Waals surface area contributed by atoms with Gasteiger partial charge in [0.1, 0.15) is 28.4 Å². The highest BCUT2D eigenvalue weighted by atomic mass is 16.5. The van der Waals surface area contributed by atoms with E-state index >= 15 is 0 Å². The maximum Gasteiger partial charge on any atom is 0.306 e. The van der Waals surface area contributed by atoms with Crippen molar-refractivity contribution in [2.45, 2.75) is 38.7 Å². The fourth-order valence-electron chi connectivity index (χ4n) is 3.44. The van der Waals surface area contributed by atoms with E-state index in [1.54, 1.807) is 18.7 Å². The van der Waals surface area contributed by atoms with Crippen LogP contribution in [-0.4, -0.2) is 58.1 Å². The number of Topliss-reactive ketones (excluding diaryl/α,β-unsaturated/α-hetero) is 1. The standard InChI is InChI=1S/C19H23NO7/c1-19(2)9-14(22)17-13(21)7-12(8-15(17)27-19)26-10-16(23)20-5-3-11(4-6-20)18(24)25/h7-8,11,21H,3-6,9-10H2,1-2H3,(H,24,25). The topological polar surface area (TPSA) is 113 Å². The summed E-state index contributed by atoms with van der Waals surface area (Å²) < 4.78 is 11.2. The zero-order valence-corrected chi connectivity index (χ0v) is 15.4. The number of likely N-dealkylation sites (tertiary alicyclic amines) is 1. The number of amides is 1. The summed E-state index contributed by atoms with van der Waals surface area (Å²) in [6.45, 7) is 4.07. The van der Waals surface area contributed by atoms with E-state index in [4.69, 9.17) is 14.6 Å². The highest BCUT2D eigenvalue weighted by molar-refractivity contribution is 6.03. The van der Waals surface area contributed by atoms with Gasteiger partial charge in [0, 0.05) is 25.2 Å². The van der Waals surface area contributed by atoms with Gasteiger partial charge in [-0.3, -0.25) is 14.4 Å². The van der Waals surface area contributed by atoms with Crippen LogP contribution >= 0.6 is 0 Å². The lowest BCUT2D eigenvalue weighted by Gasteiger charge is -2.32. The zero-order chi connectivity index (χ0) is 19.8. The van der Waals surface area contributed by atoms with Gasteiger partial charge in [-0.1, -0.05) is 0 Å². The van der Waals surface area contributed by atoms with Crippen LogP contribution in [0, 0.1) is 5.92 Å². The first-order valence-corrected chi connectivity index (χ1v) is 8.89. The fraction of sp³-hybridized carbons (Fsp3) is 0.526. The van der Waals surface area contributed by atoms with Crippen molar-refractivity contribution in [3.63, 3.8) is 0 Å². The van der Waals surface area contributed by atoms with Gasteiger partial charge in [0.25, 0.3) is 5.91 Å². The van der Waals surface area contributed by atoms with Crippen molar-refractivity contribution in [1.29, 1.82) is 0 Å². The number of nitrogens with zero attached hydrogens (tertiary/aromatic N) is 1. The van der Waals surface area contributed by atoms with Crippen molar-refractivity contribution < 1.29 is 34.1 Å². The van der Waals surface area contributed by atoms with Crippen LogP contribution in [0.5, 0.6) is 17.2 Å². The van der Waals surface area contributed by atoms with E-state index in [9.17, 15) is 19.5 Å². The van der Waals surface area contributed by atoms with Crippen molar-refractivity contribution in [3.05, 3.63) is 17.7 Å². The van der Waals surface area contributed by atoms with E-state index < -0.39 is 17.5 Å². The predicted octanol–water partition coefficient (Wildman–Crippen LogP) is 1.84. The first kappa shape index (κ1) is 19.0. The summed E-state index contributed by atoms with van der Waals surface area (Å²) in [4.78, 5) is 37.0. The second kappa shape index (κ2) is 7.09. The van der Waals surface area contributed by atoms with Gasteiger partial charge in [-0.15, -0.1) is 0 Å². The highest BCUT2D eigenvalue weighted by Crippen LogP contribution is 2.40. The SMILES string of the molecule is CC1(C)CC(=O)c2c(O)cc(OCC(=O)N3CCC(C(=O)O)CC3)cc2O1. The van der Waals surface area contributed by atoms with Crippen LogP contribution in [0.1, 0.15) is 43.5 Å². The number of carbonyl (C=O) groups excluding carboxylic acids is 2. The molecule has 2 aliphatic rings. The summed E-state index contributed by atoms with van der Waals surface area (Å²) in [6, 6.07) is 2.79. The molecule has 1 aromatic carbocycles. The molecular formula is C19H23NO7. The third kappa shape index (κ3) is 4.15. The van der Waals surface area contributed by atoms with Crippen LogP contribution < -0.4 is 9.47 Å². The first-order chi connectivity index (χ1) is 12.7. The van der Waals surface area contributed by atoms with Crippen LogP contribution in [0.15, 0.2) is 12.1 Å². The van der Waals surface area contributed by atoms with Gasteiger partial charge in [-0.05, 0) is 26.7 Å². The smallest absolute Gasteiger partial charge is 0.306 e. The molecule has 27 heavy (non-hydrogen) atoms. The molecule has 146 valence electrons. The molecule has 0 unspecified atom stereocenters. The number of hydrogen-bond acceptors (Lipinski definition) is 6. The number of phenolic OH excluding ortho intramolecular Hbond substituents is 1. The monoisotopic (exact) mass is 377 g/mol. The largest absolute Gasteiger partial charge is 0.507 e. The van der Waals surface area contributed by atoms with Gasteiger partial charge in [0.2, 0.25) is 0 Å². The summed E-state index contributed by atoms with van der Waals surface area (Å²) in [6.07, 6.45) is 1.01. The predicted molar refractivity (Wildman–Crippen MR) is 94.2 cm³/mol. The van der Waals surface area contributed by atoms with E-state index in [1.807, 2.05) is 0 Å². The molecular weight excluding hydrogens is 354 g/mol. The van der Waals surface area contributed by atoms with E-state index in [-0.39, 0.29) is 47.5 Å². The van der Waals surface area contributed by atoms with Crippen LogP contribution in [0.25, 0.3) is 0 Å². The van der Waals surface area contributed by atoms with E-state index in [1.165, 1.54) is 12.1 Å². The molecule has 0 spiro atoms. The fourth-order valence-corrected chi connectivity index (χ4v) is 3.44. The van der Waals surface area contributed by atoms with Crippen LogP contribution in [0.4, 0.5) is 0 Å². The highest BCUT2D eigenvalue weighted by Gasteiger charge is 2.35. The number of benzene rings is 1. The Balaban J connectivity index is 1.64. The minimum atomic E-state index is -0.833. The molecule has 1 aromatic rings. The number of phenols is 1. The number of rotatable bonds is 4. The van der Waals surface area contributed by atoms with Crippen molar-refractivity contribution >= 4 is 17.7 Å². The maximum absolute atomic E-state index is 12.3. The number of piperidine rings is 1. The normalized spacial score (nSPS) is 19.2. The third-order valence-electron chi connectivity index (χ3n) is 4.87. The lowest BCUT2D eigenvalue weighted by atomic mass is 9.92. The Kier molecular flexibility index (Phi) is 4.99. The van der Waals surface area contributed by atoms with Crippen molar-refractivity contribution in [2.75, 3.05) is 19.7 Å². The Morgan fingerprint density at radius 2 is 1.96 bits per heavy atom. The molecule has 0 bridgehead atoms. The third-order valence-corrected chi connectivity index (χ3v) is 4.87. The zero-order valence-electron chi connectivity index (χ0n) is 15.4. The molecule has 1 saturated heterocycles. The van der Waals surface area contributed by atoms with Crippen molar-refractivity contribution in [3.8, 4) is 17.2 Å². The van der Waals surface area contributed by atoms with E-state index in [0.29, 0.717) is 25.9 Å². The molecule has 1 amide bonds. The Morgan fingerprint density at radius 3 is 2.59 bits per heavy atom. The number of hydrogen-bond donors (Lipinski definition) is 2. The van der Waals surface area contributed by atoms with Crippen LogP contribution in [0.2, 0.25) is 0 Å². The van der Waals surface area contributed by atoms with Crippen molar-refractivity contribution in [1.82, 2.24) is 4.90 Å². The first-order valence-electron chi connectivity index (χ1n) is 8.89.